The highest BCUT2D eigenvalue weighted by atomic mass is 16.3. The Bertz CT molecular complexity index is 133. The Balaban J connectivity index is 2.14. The first-order valence-corrected chi connectivity index (χ1v) is 5.31. The molecule has 13 heavy (non-hydrogen) atoms. The highest BCUT2D eigenvalue weighted by Gasteiger charge is 2.15. The van der Waals surface area contributed by atoms with Crippen LogP contribution in [0.25, 0.3) is 0 Å². The van der Waals surface area contributed by atoms with E-state index in [0.29, 0.717) is 0 Å². The monoisotopic (exact) mass is 186 g/mol. The average Bonchev–Trinajstić information content (AvgIpc) is 2.09. The Labute approximate surface area is 81.3 Å². The fraction of sp³-hybridized carbons (Fsp3) is 1.00. The number of nitrogens with zero attached hydrogens (tertiary/aromatic N) is 2. The molecule has 1 aliphatic heterocycles. The summed E-state index contributed by atoms with van der Waals surface area (Å²) in [5, 5.41) is 9.61. The van der Waals surface area contributed by atoms with Gasteiger partial charge in [-0.3, -0.25) is 4.90 Å². The van der Waals surface area contributed by atoms with Crippen molar-refractivity contribution in [2.75, 3.05) is 39.8 Å². The third kappa shape index (κ3) is 4.07. The maximum Gasteiger partial charge on any atom is 0.0667 e. The molecular formula is C10H22N2O. The predicted molar refractivity (Wildman–Crippen MR) is 54.9 cm³/mol. The maximum atomic E-state index is 9.61. The van der Waals surface area contributed by atoms with Crippen LogP contribution in [0.5, 0.6) is 0 Å². The van der Waals surface area contributed by atoms with Crippen molar-refractivity contribution in [3.63, 3.8) is 0 Å². The largest absolute Gasteiger partial charge is 0.392 e. The molecule has 0 radical (unpaired) electrons. The number of piperazine rings is 1. The zero-order valence-electron chi connectivity index (χ0n) is 8.87. The molecular weight excluding hydrogens is 164 g/mol. The lowest BCUT2D eigenvalue weighted by Gasteiger charge is -2.33. The van der Waals surface area contributed by atoms with E-state index in [9.17, 15) is 5.11 Å². The van der Waals surface area contributed by atoms with E-state index in [1.54, 1.807) is 0 Å². The highest BCUT2D eigenvalue weighted by molar-refractivity contribution is 4.71. The molecule has 1 rings (SSSR count). The molecule has 3 heteroatoms. The van der Waals surface area contributed by atoms with Gasteiger partial charge in [0.1, 0.15) is 0 Å². The van der Waals surface area contributed by atoms with Gasteiger partial charge in [-0.05, 0) is 13.5 Å². The number of likely N-dealkylation sites (N-methyl/N-ethyl adjacent to an activating group) is 1. The second kappa shape index (κ2) is 5.58. The van der Waals surface area contributed by atoms with Crippen molar-refractivity contribution in [1.29, 1.82) is 0 Å². The van der Waals surface area contributed by atoms with Crippen molar-refractivity contribution in [3.8, 4) is 0 Å². The van der Waals surface area contributed by atoms with Crippen LogP contribution >= 0.6 is 0 Å². The fourth-order valence-electron chi connectivity index (χ4n) is 1.75. The summed E-state index contributed by atoms with van der Waals surface area (Å²) in [6.45, 7) is 7.47. The summed E-state index contributed by atoms with van der Waals surface area (Å²) in [5.41, 5.74) is 0. The van der Waals surface area contributed by atoms with Gasteiger partial charge in [-0.2, -0.15) is 0 Å². The van der Waals surface area contributed by atoms with Gasteiger partial charge in [0.25, 0.3) is 0 Å². The van der Waals surface area contributed by atoms with E-state index in [1.165, 1.54) is 0 Å². The molecule has 0 unspecified atom stereocenters. The average molecular weight is 186 g/mol. The number of rotatable bonds is 4. The summed E-state index contributed by atoms with van der Waals surface area (Å²) in [6.07, 6.45) is 1.90. The minimum absolute atomic E-state index is 0.117. The van der Waals surface area contributed by atoms with E-state index in [1.807, 2.05) is 0 Å². The fourth-order valence-corrected chi connectivity index (χ4v) is 1.75. The molecule has 78 valence electrons. The standard InChI is InChI=1S/C10H22N2O/c1-3-4-10(13)9-12-7-5-11(2)6-8-12/h10,13H,3-9H2,1-2H3/t10-/m0/s1. The van der Waals surface area contributed by atoms with Crippen LogP contribution in [0.2, 0.25) is 0 Å². The highest BCUT2D eigenvalue weighted by Crippen LogP contribution is 2.03. The smallest absolute Gasteiger partial charge is 0.0667 e. The van der Waals surface area contributed by atoms with Crippen LogP contribution < -0.4 is 0 Å². The second-order valence-electron chi connectivity index (χ2n) is 4.05. The van der Waals surface area contributed by atoms with E-state index < -0.39 is 0 Å². The Kier molecular flexibility index (Phi) is 4.70. The first-order valence-electron chi connectivity index (χ1n) is 5.31. The van der Waals surface area contributed by atoms with E-state index in [-0.39, 0.29) is 6.10 Å². The van der Waals surface area contributed by atoms with Crippen molar-refractivity contribution >= 4 is 0 Å². The molecule has 0 bridgehead atoms. The summed E-state index contributed by atoms with van der Waals surface area (Å²) in [4.78, 5) is 4.70. The number of hydrogen-bond acceptors (Lipinski definition) is 3. The lowest BCUT2D eigenvalue weighted by Crippen LogP contribution is -2.46. The Morgan fingerprint density at radius 3 is 2.38 bits per heavy atom. The van der Waals surface area contributed by atoms with Gasteiger partial charge in [0.2, 0.25) is 0 Å². The van der Waals surface area contributed by atoms with E-state index in [2.05, 4.69) is 23.8 Å². The van der Waals surface area contributed by atoms with Crippen LogP contribution in [0.4, 0.5) is 0 Å². The predicted octanol–water partition coefficient (Wildman–Crippen LogP) is 0.395. The molecule has 0 aliphatic carbocycles. The summed E-state index contributed by atoms with van der Waals surface area (Å²) in [5.74, 6) is 0. The molecule has 0 aromatic carbocycles. The number of β-amino-alcohol motifs (C(OH)–C–C–N with tert-alkyl or cyclic N) is 1. The first kappa shape index (κ1) is 11.0. The zero-order valence-corrected chi connectivity index (χ0v) is 8.87. The van der Waals surface area contributed by atoms with Gasteiger partial charge >= 0.3 is 0 Å². The molecule has 0 aromatic heterocycles. The van der Waals surface area contributed by atoms with Crippen molar-refractivity contribution in [3.05, 3.63) is 0 Å². The van der Waals surface area contributed by atoms with Gasteiger partial charge in [0.15, 0.2) is 0 Å². The Morgan fingerprint density at radius 2 is 1.85 bits per heavy atom. The molecule has 1 atom stereocenters. The Hall–Kier alpha value is -0.120. The molecule has 3 nitrogen and oxygen atoms in total. The molecule has 0 spiro atoms. The van der Waals surface area contributed by atoms with Crippen LogP contribution in [-0.2, 0) is 0 Å². The lowest BCUT2D eigenvalue weighted by molar-refractivity contribution is 0.0755. The third-order valence-corrected chi connectivity index (χ3v) is 2.69. The van der Waals surface area contributed by atoms with Crippen LogP contribution in [-0.4, -0.2) is 60.8 Å². The number of aliphatic hydroxyl groups excluding tert-OH is 1. The van der Waals surface area contributed by atoms with Gasteiger partial charge in [0, 0.05) is 32.7 Å². The maximum absolute atomic E-state index is 9.61. The minimum atomic E-state index is -0.117. The van der Waals surface area contributed by atoms with E-state index >= 15 is 0 Å². The van der Waals surface area contributed by atoms with Gasteiger partial charge in [0.05, 0.1) is 6.10 Å². The summed E-state index contributed by atoms with van der Waals surface area (Å²) >= 11 is 0. The van der Waals surface area contributed by atoms with Gasteiger partial charge < -0.3 is 10.0 Å². The molecule has 1 aliphatic rings. The first-order chi connectivity index (χ1) is 6.22. The van der Waals surface area contributed by atoms with Crippen LogP contribution in [0, 0.1) is 0 Å². The topological polar surface area (TPSA) is 26.7 Å². The SMILES string of the molecule is CCC[C@H](O)CN1CCN(C)CC1. The normalized spacial score (nSPS) is 23.3. The quantitative estimate of drug-likeness (QED) is 0.688. The Morgan fingerprint density at radius 1 is 1.23 bits per heavy atom. The second-order valence-corrected chi connectivity index (χ2v) is 4.05. The molecule has 1 fully saturated rings. The van der Waals surface area contributed by atoms with Crippen LogP contribution in [0.15, 0.2) is 0 Å². The van der Waals surface area contributed by atoms with E-state index in [4.69, 9.17) is 0 Å². The van der Waals surface area contributed by atoms with Crippen molar-refractivity contribution in [2.24, 2.45) is 0 Å². The van der Waals surface area contributed by atoms with Crippen molar-refractivity contribution in [2.45, 2.75) is 25.9 Å². The lowest BCUT2D eigenvalue weighted by atomic mass is 10.2. The van der Waals surface area contributed by atoms with Crippen molar-refractivity contribution in [1.82, 2.24) is 9.80 Å². The van der Waals surface area contributed by atoms with E-state index in [0.717, 1.165) is 45.6 Å². The molecule has 1 N–H and O–H groups in total. The molecule has 0 aromatic rings. The summed E-state index contributed by atoms with van der Waals surface area (Å²) in [6, 6.07) is 0. The third-order valence-electron chi connectivity index (χ3n) is 2.69. The van der Waals surface area contributed by atoms with Crippen molar-refractivity contribution < 1.29 is 5.11 Å². The van der Waals surface area contributed by atoms with Gasteiger partial charge in [-0.1, -0.05) is 13.3 Å². The molecule has 0 saturated carbocycles. The molecule has 0 amide bonds. The van der Waals surface area contributed by atoms with Gasteiger partial charge in [-0.15, -0.1) is 0 Å². The zero-order chi connectivity index (χ0) is 9.68. The molecule has 1 heterocycles. The number of aliphatic hydroxyl groups is 1. The van der Waals surface area contributed by atoms with Crippen LogP contribution in [0.3, 0.4) is 0 Å². The van der Waals surface area contributed by atoms with Crippen LogP contribution in [0.1, 0.15) is 19.8 Å². The molecule has 1 saturated heterocycles. The van der Waals surface area contributed by atoms with Gasteiger partial charge in [-0.25, -0.2) is 0 Å². The minimum Gasteiger partial charge on any atom is -0.392 e. The number of hydrogen-bond donors (Lipinski definition) is 1. The summed E-state index contributed by atoms with van der Waals surface area (Å²) < 4.78 is 0. The summed E-state index contributed by atoms with van der Waals surface area (Å²) in [7, 11) is 2.15.